The molecule has 0 saturated carbocycles. The number of carbonyl (C=O) groups excluding carboxylic acids is 2. The van der Waals surface area contributed by atoms with Crippen LogP contribution < -0.4 is 16.0 Å². The zero-order valence-corrected chi connectivity index (χ0v) is 10.7. The third-order valence-corrected chi connectivity index (χ3v) is 3.10. The first kappa shape index (κ1) is 14.0. The molecule has 0 aliphatic carbocycles. The maximum Gasteiger partial charge on any atom is 0.329 e. The Morgan fingerprint density at radius 2 is 1.95 bits per heavy atom. The summed E-state index contributed by atoms with van der Waals surface area (Å²) in [5.41, 5.74) is 6.82. The van der Waals surface area contributed by atoms with Gasteiger partial charge in [0.05, 0.1) is 5.69 Å². The van der Waals surface area contributed by atoms with Crippen LogP contribution in [-0.4, -0.2) is 29.1 Å². The third-order valence-electron chi connectivity index (χ3n) is 3.10. The number of carboxylic acid groups (broad SMARTS) is 1. The molecule has 1 fully saturated rings. The van der Waals surface area contributed by atoms with Gasteiger partial charge in [0.25, 0.3) is 5.91 Å². The number of nitrogens with one attached hydrogen (secondary N) is 1. The lowest BCUT2D eigenvalue weighted by atomic mass is 10.1. The average molecular weight is 277 g/mol. The Morgan fingerprint density at radius 1 is 1.30 bits per heavy atom. The number of imide groups is 1. The summed E-state index contributed by atoms with van der Waals surface area (Å²) in [6, 6.07) is 5.43. The van der Waals surface area contributed by atoms with E-state index in [1.165, 1.54) is 0 Å². The van der Waals surface area contributed by atoms with Gasteiger partial charge in [-0.25, -0.2) is 9.69 Å². The summed E-state index contributed by atoms with van der Waals surface area (Å²) >= 11 is 0. The molecule has 1 unspecified atom stereocenters. The summed E-state index contributed by atoms with van der Waals surface area (Å²) in [5, 5.41) is 11.1. The second-order valence-electron chi connectivity index (χ2n) is 4.48. The SMILES string of the molecule is NCc1ccc(N2C(=O)NC(CCC(=O)O)C2=O)cc1. The molecule has 0 bridgehead atoms. The fourth-order valence-corrected chi connectivity index (χ4v) is 2.02. The lowest BCUT2D eigenvalue weighted by Gasteiger charge is -2.13. The van der Waals surface area contributed by atoms with Crippen molar-refractivity contribution in [3.63, 3.8) is 0 Å². The lowest BCUT2D eigenvalue weighted by molar-refractivity contribution is -0.137. The fraction of sp³-hybridized carbons (Fsp3) is 0.308. The topological polar surface area (TPSA) is 113 Å². The molecule has 0 spiro atoms. The molecule has 106 valence electrons. The Bertz CT molecular complexity index is 541. The summed E-state index contributed by atoms with van der Waals surface area (Å²) in [7, 11) is 0. The molecule has 2 rings (SSSR count). The van der Waals surface area contributed by atoms with Gasteiger partial charge in [-0.3, -0.25) is 9.59 Å². The Morgan fingerprint density at radius 3 is 2.50 bits per heavy atom. The van der Waals surface area contributed by atoms with Crippen LogP contribution in [0.3, 0.4) is 0 Å². The van der Waals surface area contributed by atoms with Crippen molar-refractivity contribution in [2.75, 3.05) is 4.90 Å². The standard InChI is InChI=1S/C13H15N3O4/c14-7-8-1-3-9(4-2-8)16-12(19)10(15-13(16)20)5-6-11(17)18/h1-4,10H,5-7,14H2,(H,15,20)(H,17,18). The highest BCUT2D eigenvalue weighted by atomic mass is 16.4. The molecule has 1 heterocycles. The number of hydrogen-bond donors (Lipinski definition) is 3. The first-order valence-corrected chi connectivity index (χ1v) is 6.18. The van der Waals surface area contributed by atoms with E-state index in [1.807, 2.05) is 0 Å². The van der Waals surface area contributed by atoms with E-state index >= 15 is 0 Å². The minimum Gasteiger partial charge on any atom is -0.481 e. The zero-order chi connectivity index (χ0) is 14.7. The quantitative estimate of drug-likeness (QED) is 0.676. The van der Waals surface area contributed by atoms with Crippen molar-refractivity contribution in [1.82, 2.24) is 5.32 Å². The Labute approximate surface area is 115 Å². The third kappa shape index (κ3) is 2.77. The number of rotatable bonds is 5. The maximum atomic E-state index is 12.1. The van der Waals surface area contributed by atoms with E-state index in [2.05, 4.69) is 5.32 Å². The predicted molar refractivity (Wildman–Crippen MR) is 71.0 cm³/mol. The monoisotopic (exact) mass is 277 g/mol. The van der Waals surface area contributed by atoms with E-state index in [4.69, 9.17) is 10.8 Å². The molecule has 1 aromatic carbocycles. The zero-order valence-electron chi connectivity index (χ0n) is 10.7. The number of carbonyl (C=O) groups is 3. The molecule has 1 aliphatic heterocycles. The van der Waals surface area contributed by atoms with Crippen LogP contribution in [0, 0.1) is 0 Å². The number of anilines is 1. The number of urea groups is 1. The van der Waals surface area contributed by atoms with Gasteiger partial charge in [-0.1, -0.05) is 12.1 Å². The van der Waals surface area contributed by atoms with Crippen molar-refractivity contribution in [2.24, 2.45) is 5.73 Å². The molecule has 7 nitrogen and oxygen atoms in total. The van der Waals surface area contributed by atoms with Gasteiger partial charge in [0.1, 0.15) is 6.04 Å². The van der Waals surface area contributed by atoms with Crippen molar-refractivity contribution in [3.8, 4) is 0 Å². The largest absolute Gasteiger partial charge is 0.481 e. The molecule has 1 aliphatic rings. The number of amides is 3. The summed E-state index contributed by atoms with van der Waals surface area (Å²) < 4.78 is 0. The fourth-order valence-electron chi connectivity index (χ4n) is 2.02. The average Bonchev–Trinajstić information content (AvgIpc) is 2.71. The van der Waals surface area contributed by atoms with Crippen LogP contribution in [0.25, 0.3) is 0 Å². The molecule has 1 saturated heterocycles. The van der Waals surface area contributed by atoms with Gasteiger partial charge in [-0.2, -0.15) is 0 Å². The van der Waals surface area contributed by atoms with E-state index < -0.39 is 23.9 Å². The van der Waals surface area contributed by atoms with Crippen LogP contribution in [0.2, 0.25) is 0 Å². The second kappa shape index (κ2) is 5.70. The van der Waals surface area contributed by atoms with Crippen molar-refractivity contribution in [2.45, 2.75) is 25.4 Å². The molecule has 0 radical (unpaired) electrons. The van der Waals surface area contributed by atoms with Crippen molar-refractivity contribution < 1.29 is 19.5 Å². The number of nitrogens with zero attached hydrogens (tertiary/aromatic N) is 1. The van der Waals surface area contributed by atoms with Crippen LogP contribution in [-0.2, 0) is 16.1 Å². The molecular weight excluding hydrogens is 262 g/mol. The van der Waals surface area contributed by atoms with Crippen LogP contribution in [0.4, 0.5) is 10.5 Å². The number of aliphatic carboxylic acids is 1. The summed E-state index contributed by atoms with van der Waals surface area (Å²) in [6.07, 6.45) is -0.0894. The Balaban J connectivity index is 2.13. The van der Waals surface area contributed by atoms with Crippen LogP contribution in [0.5, 0.6) is 0 Å². The normalized spacial score (nSPS) is 18.2. The van der Waals surface area contributed by atoms with Crippen molar-refractivity contribution in [1.29, 1.82) is 0 Å². The van der Waals surface area contributed by atoms with Gasteiger partial charge in [0.2, 0.25) is 0 Å². The van der Waals surface area contributed by atoms with Gasteiger partial charge in [0, 0.05) is 13.0 Å². The number of carboxylic acids is 1. The van der Waals surface area contributed by atoms with Gasteiger partial charge < -0.3 is 16.2 Å². The molecule has 3 amide bonds. The summed E-state index contributed by atoms with van der Waals surface area (Å²) in [6.45, 7) is 0.377. The van der Waals surface area contributed by atoms with Gasteiger partial charge >= 0.3 is 12.0 Å². The number of benzene rings is 1. The highest BCUT2D eigenvalue weighted by Crippen LogP contribution is 2.21. The first-order chi connectivity index (χ1) is 9.52. The van der Waals surface area contributed by atoms with Crippen LogP contribution in [0.1, 0.15) is 18.4 Å². The Kier molecular flexibility index (Phi) is 3.99. The van der Waals surface area contributed by atoms with Gasteiger partial charge in [0.15, 0.2) is 0 Å². The summed E-state index contributed by atoms with van der Waals surface area (Å²) in [5.74, 6) is -1.44. The minimum atomic E-state index is -1.00. The molecule has 20 heavy (non-hydrogen) atoms. The van der Waals surface area contributed by atoms with E-state index in [-0.39, 0.29) is 12.8 Å². The molecule has 1 aromatic rings. The summed E-state index contributed by atoms with van der Waals surface area (Å²) in [4.78, 5) is 35.5. The molecule has 4 N–H and O–H groups in total. The van der Waals surface area contributed by atoms with E-state index in [0.29, 0.717) is 12.2 Å². The number of hydrogen-bond acceptors (Lipinski definition) is 4. The van der Waals surface area contributed by atoms with Crippen LogP contribution >= 0.6 is 0 Å². The van der Waals surface area contributed by atoms with E-state index in [1.54, 1.807) is 24.3 Å². The highest BCUT2D eigenvalue weighted by Gasteiger charge is 2.38. The smallest absolute Gasteiger partial charge is 0.329 e. The van der Waals surface area contributed by atoms with E-state index in [9.17, 15) is 14.4 Å². The molecule has 0 aromatic heterocycles. The van der Waals surface area contributed by atoms with Crippen molar-refractivity contribution in [3.05, 3.63) is 29.8 Å². The van der Waals surface area contributed by atoms with E-state index in [0.717, 1.165) is 10.5 Å². The molecular formula is C13H15N3O4. The highest BCUT2D eigenvalue weighted by molar-refractivity contribution is 6.21. The first-order valence-electron chi connectivity index (χ1n) is 6.18. The lowest BCUT2D eigenvalue weighted by Crippen LogP contribution is -2.31. The maximum absolute atomic E-state index is 12.1. The minimum absolute atomic E-state index is 0.0806. The Hall–Kier alpha value is -2.41. The second-order valence-corrected chi connectivity index (χ2v) is 4.48. The molecule has 7 heteroatoms. The van der Waals surface area contributed by atoms with Gasteiger partial charge in [-0.15, -0.1) is 0 Å². The van der Waals surface area contributed by atoms with Crippen molar-refractivity contribution >= 4 is 23.6 Å². The van der Waals surface area contributed by atoms with Gasteiger partial charge in [-0.05, 0) is 24.1 Å². The molecule has 1 atom stereocenters. The predicted octanol–water partition coefficient (Wildman–Crippen LogP) is 0.435. The van der Waals surface area contributed by atoms with Crippen LogP contribution in [0.15, 0.2) is 24.3 Å². The number of nitrogens with two attached hydrogens (primary N) is 1.